The van der Waals surface area contributed by atoms with Gasteiger partial charge in [-0.3, -0.25) is 4.98 Å². The Balaban J connectivity index is 2.10. The summed E-state index contributed by atoms with van der Waals surface area (Å²) in [4.78, 5) is 8.33. The molecule has 0 amide bonds. The molecular weight excluding hydrogens is 240 g/mol. The number of nitrogens with zero attached hydrogens (tertiary/aromatic N) is 4. The zero-order valence-corrected chi connectivity index (χ0v) is 11.6. The maximum atomic E-state index is 10.3. The fraction of sp³-hybridized carbons (Fsp3) is 0.500. The van der Waals surface area contributed by atoms with Gasteiger partial charge in [0.25, 0.3) is 0 Å². The molecule has 0 aliphatic carbocycles. The zero-order valence-electron chi connectivity index (χ0n) is 11.6. The molecule has 0 bridgehead atoms. The van der Waals surface area contributed by atoms with Crippen molar-refractivity contribution in [3.05, 3.63) is 41.7 Å². The van der Waals surface area contributed by atoms with Crippen molar-refractivity contribution in [2.24, 2.45) is 5.92 Å². The molecule has 2 aromatic heterocycles. The summed E-state index contributed by atoms with van der Waals surface area (Å²) in [5, 5.41) is 14.5. The predicted molar refractivity (Wildman–Crippen MR) is 72.5 cm³/mol. The predicted octanol–water partition coefficient (Wildman–Crippen LogP) is 1.91. The molecule has 0 saturated carbocycles. The van der Waals surface area contributed by atoms with Crippen LogP contribution >= 0.6 is 0 Å². The number of aromatic nitrogens is 4. The lowest BCUT2D eigenvalue weighted by Crippen LogP contribution is -2.13. The highest BCUT2D eigenvalue weighted by Gasteiger charge is 2.14. The lowest BCUT2D eigenvalue weighted by molar-refractivity contribution is 0.173. The largest absolute Gasteiger partial charge is 0.388 e. The summed E-state index contributed by atoms with van der Waals surface area (Å²) in [7, 11) is 0. The number of rotatable bonds is 5. The molecule has 0 aliphatic rings. The van der Waals surface area contributed by atoms with E-state index >= 15 is 0 Å². The normalized spacial score (nSPS) is 12.9. The van der Waals surface area contributed by atoms with Crippen LogP contribution in [0, 0.1) is 12.8 Å². The van der Waals surface area contributed by atoms with E-state index in [1.54, 1.807) is 18.7 Å². The van der Waals surface area contributed by atoms with Crippen LogP contribution in [0.25, 0.3) is 0 Å². The molecule has 1 atom stereocenters. The van der Waals surface area contributed by atoms with Crippen molar-refractivity contribution in [3.63, 3.8) is 0 Å². The minimum Gasteiger partial charge on any atom is -0.388 e. The summed E-state index contributed by atoms with van der Waals surface area (Å²) in [6, 6.07) is 1.95. The topological polar surface area (TPSA) is 63.8 Å². The second-order valence-electron chi connectivity index (χ2n) is 5.27. The summed E-state index contributed by atoms with van der Waals surface area (Å²) in [5.74, 6) is 1.31. The lowest BCUT2D eigenvalue weighted by atomic mass is 10.1. The number of hydrogen-bond donors (Lipinski definition) is 1. The molecule has 102 valence electrons. The molecule has 5 nitrogen and oxygen atoms in total. The highest BCUT2D eigenvalue weighted by Crippen LogP contribution is 2.17. The van der Waals surface area contributed by atoms with E-state index < -0.39 is 6.10 Å². The van der Waals surface area contributed by atoms with E-state index in [2.05, 4.69) is 28.9 Å². The number of aryl methyl sites for hydroxylation is 1. The van der Waals surface area contributed by atoms with Crippen molar-refractivity contribution in [3.8, 4) is 0 Å². The van der Waals surface area contributed by atoms with Gasteiger partial charge in [-0.05, 0) is 24.0 Å². The highest BCUT2D eigenvalue weighted by molar-refractivity contribution is 5.19. The van der Waals surface area contributed by atoms with Crippen molar-refractivity contribution in [2.75, 3.05) is 0 Å². The molecule has 0 spiro atoms. The van der Waals surface area contributed by atoms with Crippen LogP contribution < -0.4 is 0 Å². The van der Waals surface area contributed by atoms with Gasteiger partial charge in [-0.2, -0.15) is 5.10 Å². The van der Waals surface area contributed by atoms with Crippen molar-refractivity contribution in [1.82, 2.24) is 19.7 Å². The number of pyridine rings is 1. The van der Waals surface area contributed by atoms with Crippen LogP contribution in [-0.4, -0.2) is 24.9 Å². The molecule has 2 rings (SSSR count). The van der Waals surface area contributed by atoms with Gasteiger partial charge in [0, 0.05) is 25.4 Å². The van der Waals surface area contributed by atoms with Crippen LogP contribution in [0.15, 0.2) is 24.8 Å². The first-order chi connectivity index (χ1) is 9.06. The first-order valence-corrected chi connectivity index (χ1v) is 6.52. The zero-order chi connectivity index (χ0) is 13.8. The Hall–Kier alpha value is -1.75. The fourth-order valence-electron chi connectivity index (χ4n) is 2.00. The minimum absolute atomic E-state index is 0.456. The monoisotopic (exact) mass is 260 g/mol. The number of aliphatic hydroxyl groups excluding tert-OH is 1. The van der Waals surface area contributed by atoms with E-state index in [0.717, 1.165) is 23.5 Å². The second-order valence-corrected chi connectivity index (χ2v) is 5.27. The number of hydrogen-bond acceptors (Lipinski definition) is 4. The van der Waals surface area contributed by atoms with Gasteiger partial charge >= 0.3 is 0 Å². The van der Waals surface area contributed by atoms with Crippen LogP contribution in [0.4, 0.5) is 0 Å². The molecule has 0 radical (unpaired) electrons. The molecule has 1 unspecified atom stereocenters. The van der Waals surface area contributed by atoms with Gasteiger partial charge in [-0.25, -0.2) is 9.67 Å². The van der Waals surface area contributed by atoms with Gasteiger partial charge in [-0.15, -0.1) is 0 Å². The van der Waals surface area contributed by atoms with E-state index in [1.165, 1.54) is 0 Å². The highest BCUT2D eigenvalue weighted by atomic mass is 16.3. The summed E-state index contributed by atoms with van der Waals surface area (Å²) in [6.45, 7) is 7.04. The average Bonchev–Trinajstić information content (AvgIpc) is 2.75. The Labute approximate surface area is 113 Å². The SMILES string of the molecule is Cc1cncc(C(O)Cc2ncnn2CC(C)C)c1. The van der Waals surface area contributed by atoms with Crippen LogP contribution in [0.2, 0.25) is 0 Å². The minimum atomic E-state index is -0.595. The smallest absolute Gasteiger partial charge is 0.138 e. The lowest BCUT2D eigenvalue weighted by Gasteiger charge is -2.13. The fourth-order valence-corrected chi connectivity index (χ4v) is 2.00. The molecular formula is C14H20N4O. The van der Waals surface area contributed by atoms with Gasteiger partial charge in [0.2, 0.25) is 0 Å². The molecule has 0 aliphatic heterocycles. The van der Waals surface area contributed by atoms with Crippen LogP contribution in [0.5, 0.6) is 0 Å². The molecule has 0 aromatic carbocycles. The van der Waals surface area contributed by atoms with Crippen molar-refractivity contribution >= 4 is 0 Å². The maximum Gasteiger partial charge on any atom is 0.138 e. The summed E-state index contributed by atoms with van der Waals surface area (Å²) in [6.07, 6.45) is 4.87. The summed E-state index contributed by atoms with van der Waals surface area (Å²) >= 11 is 0. The summed E-state index contributed by atoms with van der Waals surface area (Å²) in [5.41, 5.74) is 1.86. The van der Waals surface area contributed by atoms with Gasteiger partial charge < -0.3 is 5.11 Å². The van der Waals surface area contributed by atoms with Gasteiger partial charge in [0.1, 0.15) is 12.2 Å². The van der Waals surface area contributed by atoms with Crippen molar-refractivity contribution in [2.45, 2.75) is 39.8 Å². The number of aliphatic hydroxyl groups is 1. The first kappa shape index (κ1) is 13.7. The van der Waals surface area contributed by atoms with Gasteiger partial charge in [0.05, 0.1) is 6.10 Å². The molecule has 0 fully saturated rings. The van der Waals surface area contributed by atoms with E-state index in [1.807, 2.05) is 17.7 Å². The molecule has 5 heteroatoms. The Morgan fingerprint density at radius 3 is 2.79 bits per heavy atom. The van der Waals surface area contributed by atoms with Crippen LogP contribution in [-0.2, 0) is 13.0 Å². The van der Waals surface area contributed by atoms with Crippen LogP contribution in [0.3, 0.4) is 0 Å². The quantitative estimate of drug-likeness (QED) is 0.892. The molecule has 2 heterocycles. The average molecular weight is 260 g/mol. The Morgan fingerprint density at radius 1 is 1.32 bits per heavy atom. The van der Waals surface area contributed by atoms with E-state index in [9.17, 15) is 5.11 Å². The van der Waals surface area contributed by atoms with E-state index in [-0.39, 0.29) is 0 Å². The van der Waals surface area contributed by atoms with E-state index in [0.29, 0.717) is 12.3 Å². The molecule has 0 saturated heterocycles. The third-order valence-electron chi connectivity index (χ3n) is 2.89. The molecule has 2 aromatic rings. The van der Waals surface area contributed by atoms with Crippen molar-refractivity contribution in [1.29, 1.82) is 0 Å². The van der Waals surface area contributed by atoms with Gasteiger partial charge in [0.15, 0.2) is 0 Å². The maximum absolute atomic E-state index is 10.3. The second kappa shape index (κ2) is 5.93. The molecule has 1 N–H and O–H groups in total. The summed E-state index contributed by atoms with van der Waals surface area (Å²) < 4.78 is 1.86. The van der Waals surface area contributed by atoms with Gasteiger partial charge in [-0.1, -0.05) is 19.9 Å². The van der Waals surface area contributed by atoms with Crippen LogP contribution in [0.1, 0.15) is 36.9 Å². The van der Waals surface area contributed by atoms with E-state index in [4.69, 9.17) is 0 Å². The standard InChI is InChI=1S/C14H20N4O/c1-10(2)8-18-14(16-9-17-18)5-13(19)12-4-11(3)6-15-7-12/h4,6-7,9-10,13,19H,5,8H2,1-3H3. The van der Waals surface area contributed by atoms with Crippen molar-refractivity contribution < 1.29 is 5.11 Å². The third-order valence-corrected chi connectivity index (χ3v) is 2.89. The Bertz CT molecular complexity index is 536. The Morgan fingerprint density at radius 2 is 2.11 bits per heavy atom. The third kappa shape index (κ3) is 3.61. The Kier molecular flexibility index (Phi) is 4.27. The first-order valence-electron chi connectivity index (χ1n) is 6.52. The molecule has 19 heavy (non-hydrogen) atoms.